The summed E-state index contributed by atoms with van der Waals surface area (Å²) in [4.78, 5) is 10.6. The summed E-state index contributed by atoms with van der Waals surface area (Å²) in [6, 6.07) is 1.98. The van der Waals surface area contributed by atoms with E-state index in [1.807, 2.05) is 0 Å². The van der Waals surface area contributed by atoms with Crippen molar-refractivity contribution in [1.82, 2.24) is 4.72 Å². The molecule has 0 aromatic heterocycles. The Bertz CT molecular complexity index is 658. The Kier molecular flexibility index (Phi) is 5.63. The maximum Gasteiger partial charge on any atom is 0.337 e. The van der Waals surface area contributed by atoms with Crippen molar-refractivity contribution in [1.29, 1.82) is 0 Å². The quantitative estimate of drug-likeness (QED) is 0.724. The monoisotopic (exact) mass is 355 g/mol. The zero-order valence-electron chi connectivity index (χ0n) is 11.4. The molecule has 0 bridgehead atoms. The van der Waals surface area contributed by atoms with E-state index in [-0.39, 0.29) is 33.5 Å². The Morgan fingerprint density at radius 2 is 1.86 bits per heavy atom. The van der Waals surface area contributed by atoms with E-state index in [1.54, 1.807) is 13.8 Å². The topological polar surface area (TPSA) is 104 Å². The van der Waals surface area contributed by atoms with Gasteiger partial charge in [0.1, 0.15) is 4.90 Å². The van der Waals surface area contributed by atoms with Crippen LogP contribution in [-0.2, 0) is 10.0 Å². The molecule has 0 atom stereocenters. The molecule has 118 valence electrons. The number of carboxylic acid groups (broad SMARTS) is 1. The first kappa shape index (κ1) is 18.2. The number of rotatable bonds is 6. The van der Waals surface area contributed by atoms with Gasteiger partial charge in [-0.25, -0.2) is 17.9 Å². The molecule has 0 aliphatic rings. The Morgan fingerprint density at radius 3 is 2.33 bits per heavy atom. The third-order valence-corrected chi connectivity index (χ3v) is 5.16. The molecule has 0 saturated heterocycles. The molecule has 21 heavy (non-hydrogen) atoms. The van der Waals surface area contributed by atoms with Crippen molar-refractivity contribution in [2.45, 2.75) is 30.7 Å². The molecule has 0 spiro atoms. The number of halogens is 2. The van der Waals surface area contributed by atoms with Crippen LogP contribution in [0.2, 0.25) is 10.0 Å². The maximum atomic E-state index is 12.3. The molecule has 3 N–H and O–H groups in total. The summed E-state index contributed by atoms with van der Waals surface area (Å²) in [6.07, 6.45) is 0.184. The van der Waals surface area contributed by atoms with E-state index in [9.17, 15) is 13.2 Å². The van der Waals surface area contributed by atoms with Crippen molar-refractivity contribution < 1.29 is 23.4 Å². The van der Waals surface area contributed by atoms with Gasteiger partial charge < -0.3 is 10.2 Å². The summed E-state index contributed by atoms with van der Waals surface area (Å²) in [7, 11) is -4.06. The van der Waals surface area contributed by atoms with Crippen molar-refractivity contribution >= 4 is 39.2 Å². The van der Waals surface area contributed by atoms with Gasteiger partial charge in [0, 0.05) is 12.1 Å². The van der Waals surface area contributed by atoms with E-state index >= 15 is 0 Å². The van der Waals surface area contributed by atoms with Gasteiger partial charge in [-0.1, -0.05) is 23.2 Å². The maximum absolute atomic E-state index is 12.3. The number of benzene rings is 1. The summed E-state index contributed by atoms with van der Waals surface area (Å²) >= 11 is 11.6. The second-order valence-corrected chi connectivity index (χ2v) is 7.50. The van der Waals surface area contributed by atoms with E-state index < -0.39 is 21.5 Å². The second kappa shape index (κ2) is 6.50. The average Bonchev–Trinajstić information content (AvgIpc) is 2.25. The number of nitrogens with one attached hydrogen (secondary N) is 1. The Labute approximate surface area is 132 Å². The van der Waals surface area contributed by atoms with E-state index in [4.69, 9.17) is 33.4 Å². The third kappa shape index (κ3) is 4.55. The number of sulfonamides is 1. The third-order valence-electron chi connectivity index (χ3n) is 2.69. The minimum Gasteiger partial charge on any atom is -0.478 e. The van der Waals surface area contributed by atoms with Crippen LogP contribution in [0.3, 0.4) is 0 Å². The van der Waals surface area contributed by atoms with Gasteiger partial charge >= 0.3 is 5.97 Å². The molecule has 0 amide bonds. The zero-order valence-corrected chi connectivity index (χ0v) is 13.7. The van der Waals surface area contributed by atoms with Crippen molar-refractivity contribution in [3.63, 3.8) is 0 Å². The van der Waals surface area contributed by atoms with Gasteiger partial charge in [-0.2, -0.15) is 0 Å². The number of carbonyl (C=O) groups is 1. The minimum absolute atomic E-state index is 0.152. The number of hydrogen-bond donors (Lipinski definition) is 3. The molecule has 0 radical (unpaired) electrons. The van der Waals surface area contributed by atoms with Gasteiger partial charge in [-0.3, -0.25) is 0 Å². The standard InChI is InChI=1S/C12H15Cl2NO5S/c1-12(2,3-4-16)15-21(19,20)10-5-7(11(17)18)8(13)6-9(10)14/h5-6,15-16H,3-4H2,1-2H3,(H,17,18). The number of aliphatic hydroxyl groups excluding tert-OH is 1. The Hall–Kier alpha value is -0.860. The molecule has 1 aromatic rings. The zero-order chi connectivity index (χ0) is 16.4. The van der Waals surface area contributed by atoms with Gasteiger partial charge in [0.15, 0.2) is 0 Å². The lowest BCUT2D eigenvalue weighted by Crippen LogP contribution is -2.44. The minimum atomic E-state index is -4.06. The lowest BCUT2D eigenvalue weighted by Gasteiger charge is -2.25. The number of aromatic carboxylic acids is 1. The van der Waals surface area contributed by atoms with Crippen LogP contribution in [0, 0.1) is 0 Å². The number of aliphatic hydroxyl groups is 1. The predicted molar refractivity (Wildman–Crippen MR) is 79.5 cm³/mol. The lowest BCUT2D eigenvalue weighted by atomic mass is 10.0. The van der Waals surface area contributed by atoms with Gasteiger partial charge in [0.2, 0.25) is 10.0 Å². The van der Waals surface area contributed by atoms with E-state index in [0.29, 0.717) is 0 Å². The summed E-state index contributed by atoms with van der Waals surface area (Å²) in [6.45, 7) is 2.97. The highest BCUT2D eigenvalue weighted by atomic mass is 35.5. The molecule has 0 fully saturated rings. The first-order valence-electron chi connectivity index (χ1n) is 5.87. The highest BCUT2D eigenvalue weighted by Gasteiger charge is 2.28. The summed E-state index contributed by atoms with van der Waals surface area (Å²) in [5, 5.41) is 17.6. The van der Waals surface area contributed by atoms with Crippen LogP contribution < -0.4 is 4.72 Å². The van der Waals surface area contributed by atoms with E-state index in [1.165, 1.54) is 0 Å². The molecular formula is C12H15Cl2NO5S. The van der Waals surface area contributed by atoms with Crippen LogP contribution in [0.15, 0.2) is 17.0 Å². The second-order valence-electron chi connectivity index (χ2n) is 5.03. The fraction of sp³-hybridized carbons (Fsp3) is 0.417. The number of hydrogen-bond acceptors (Lipinski definition) is 4. The first-order chi connectivity index (χ1) is 9.50. The van der Waals surface area contributed by atoms with Gasteiger partial charge in [0.05, 0.1) is 15.6 Å². The highest BCUT2D eigenvalue weighted by Crippen LogP contribution is 2.29. The summed E-state index contributed by atoms with van der Waals surface area (Å²) in [5.74, 6) is -1.36. The first-order valence-corrected chi connectivity index (χ1v) is 8.11. The van der Waals surface area contributed by atoms with Crippen molar-refractivity contribution in [3.8, 4) is 0 Å². The van der Waals surface area contributed by atoms with Gasteiger partial charge in [0.25, 0.3) is 0 Å². The van der Waals surface area contributed by atoms with Crippen LogP contribution in [0.5, 0.6) is 0 Å². The molecule has 6 nitrogen and oxygen atoms in total. The van der Waals surface area contributed by atoms with Gasteiger partial charge in [-0.15, -0.1) is 0 Å². The van der Waals surface area contributed by atoms with Crippen LogP contribution in [0.25, 0.3) is 0 Å². The summed E-state index contributed by atoms with van der Waals surface area (Å²) < 4.78 is 27.0. The molecule has 1 aromatic carbocycles. The van der Waals surface area contributed by atoms with Crippen LogP contribution in [0.4, 0.5) is 0 Å². The normalized spacial score (nSPS) is 12.4. The largest absolute Gasteiger partial charge is 0.478 e. The van der Waals surface area contributed by atoms with Crippen LogP contribution in [-0.4, -0.2) is 36.7 Å². The van der Waals surface area contributed by atoms with E-state index in [0.717, 1.165) is 12.1 Å². The molecule has 9 heteroatoms. The van der Waals surface area contributed by atoms with E-state index in [2.05, 4.69) is 4.72 Å². The van der Waals surface area contributed by atoms with Crippen molar-refractivity contribution in [3.05, 3.63) is 27.7 Å². The Morgan fingerprint density at radius 1 is 1.29 bits per heavy atom. The lowest BCUT2D eigenvalue weighted by molar-refractivity contribution is 0.0697. The molecule has 0 unspecified atom stereocenters. The summed E-state index contributed by atoms with van der Waals surface area (Å²) in [5.41, 5.74) is -1.28. The SMILES string of the molecule is CC(C)(CCO)NS(=O)(=O)c1cc(C(=O)O)c(Cl)cc1Cl. The fourth-order valence-corrected chi connectivity index (χ4v) is 3.95. The Balaban J connectivity index is 3.32. The average molecular weight is 356 g/mol. The number of carboxylic acids is 1. The fourth-order valence-electron chi connectivity index (χ4n) is 1.65. The molecule has 1 rings (SSSR count). The molecular weight excluding hydrogens is 341 g/mol. The van der Waals surface area contributed by atoms with Crippen LogP contribution >= 0.6 is 23.2 Å². The van der Waals surface area contributed by atoms with Crippen molar-refractivity contribution in [2.75, 3.05) is 6.61 Å². The molecule has 0 aliphatic carbocycles. The highest BCUT2D eigenvalue weighted by molar-refractivity contribution is 7.89. The molecule has 0 heterocycles. The predicted octanol–water partition coefficient (Wildman–Crippen LogP) is 2.13. The molecule has 0 saturated carbocycles. The van der Waals surface area contributed by atoms with Gasteiger partial charge in [-0.05, 0) is 32.4 Å². The smallest absolute Gasteiger partial charge is 0.337 e. The van der Waals surface area contributed by atoms with Crippen LogP contribution in [0.1, 0.15) is 30.6 Å². The van der Waals surface area contributed by atoms with Crippen molar-refractivity contribution in [2.24, 2.45) is 0 Å². The molecule has 0 aliphatic heterocycles.